The fourth-order valence-corrected chi connectivity index (χ4v) is 5.09. The number of carbonyl (C=O) groups is 1. The van der Waals surface area contributed by atoms with Crippen LogP contribution >= 0.6 is 0 Å². The van der Waals surface area contributed by atoms with Crippen molar-refractivity contribution in [1.82, 2.24) is 9.62 Å². The smallest absolute Gasteiger partial charge is 0.243 e. The van der Waals surface area contributed by atoms with E-state index in [0.717, 1.165) is 17.1 Å². The quantitative estimate of drug-likeness (QED) is 0.549. The summed E-state index contributed by atoms with van der Waals surface area (Å²) in [6, 6.07) is 14.3. The van der Waals surface area contributed by atoms with E-state index >= 15 is 0 Å². The van der Waals surface area contributed by atoms with Gasteiger partial charge in [-0.2, -0.15) is 4.31 Å². The fourth-order valence-electron chi connectivity index (χ4n) is 3.62. The minimum Gasteiger partial charge on any atom is -0.494 e. The van der Waals surface area contributed by atoms with Crippen LogP contribution in [0.5, 0.6) is 11.5 Å². The molecule has 8 heteroatoms. The molecule has 0 unspecified atom stereocenters. The molecule has 1 heterocycles. The molecule has 0 atom stereocenters. The van der Waals surface area contributed by atoms with Crippen molar-refractivity contribution in [3.63, 3.8) is 0 Å². The van der Waals surface area contributed by atoms with E-state index in [-0.39, 0.29) is 11.9 Å². The first-order chi connectivity index (χ1) is 15.4. The highest BCUT2D eigenvalue weighted by molar-refractivity contribution is 7.89. The Hall–Kier alpha value is -2.58. The van der Waals surface area contributed by atoms with Crippen LogP contribution in [0.3, 0.4) is 0 Å². The summed E-state index contributed by atoms with van der Waals surface area (Å²) < 4.78 is 38.1. The minimum absolute atomic E-state index is 0.000929. The predicted molar refractivity (Wildman–Crippen MR) is 123 cm³/mol. The first kappa shape index (κ1) is 24.1. The third-order valence-corrected chi connectivity index (χ3v) is 7.34. The highest BCUT2D eigenvalue weighted by atomic mass is 32.2. The van der Waals surface area contributed by atoms with E-state index in [1.54, 1.807) is 24.3 Å². The molecule has 0 aliphatic carbocycles. The molecule has 32 heavy (non-hydrogen) atoms. The number of nitrogens with zero attached hydrogens (tertiary/aromatic N) is 1. The van der Waals surface area contributed by atoms with E-state index < -0.39 is 10.0 Å². The fraction of sp³-hybridized carbons (Fsp3) is 0.458. The van der Waals surface area contributed by atoms with Crippen LogP contribution in [0.15, 0.2) is 53.4 Å². The standard InChI is InChI=1S/C24H32N2O5S/c1-3-30-21-8-10-22(11-9-21)31-18-4-5-24(27)25-20-14-16-26(17-15-20)32(28,29)23-12-6-19(2)7-13-23/h6-13,20H,3-5,14-18H2,1-2H3,(H,25,27). The van der Waals surface area contributed by atoms with E-state index in [4.69, 9.17) is 9.47 Å². The molecule has 2 aromatic rings. The number of piperidine rings is 1. The Kier molecular flexibility index (Phi) is 8.53. The molecule has 3 rings (SSSR count). The average molecular weight is 461 g/mol. The minimum atomic E-state index is -3.48. The molecular weight excluding hydrogens is 428 g/mol. The Balaban J connectivity index is 1.35. The molecule has 2 aromatic carbocycles. The third kappa shape index (κ3) is 6.71. The molecule has 1 aliphatic heterocycles. The van der Waals surface area contributed by atoms with Gasteiger partial charge < -0.3 is 14.8 Å². The van der Waals surface area contributed by atoms with Gasteiger partial charge >= 0.3 is 0 Å². The second-order valence-corrected chi connectivity index (χ2v) is 9.85. The van der Waals surface area contributed by atoms with Gasteiger partial charge in [-0.15, -0.1) is 0 Å². The van der Waals surface area contributed by atoms with Crippen molar-refractivity contribution < 1.29 is 22.7 Å². The Bertz CT molecular complexity index is 966. The maximum absolute atomic E-state index is 12.8. The van der Waals surface area contributed by atoms with Gasteiger partial charge in [0.25, 0.3) is 0 Å². The maximum Gasteiger partial charge on any atom is 0.243 e. The van der Waals surface area contributed by atoms with E-state index in [2.05, 4.69) is 5.32 Å². The molecule has 1 fully saturated rings. The Morgan fingerprint density at radius 2 is 1.59 bits per heavy atom. The van der Waals surface area contributed by atoms with Crippen molar-refractivity contribution in [1.29, 1.82) is 0 Å². The van der Waals surface area contributed by atoms with Crippen molar-refractivity contribution in [2.75, 3.05) is 26.3 Å². The van der Waals surface area contributed by atoms with Gasteiger partial charge in [0.1, 0.15) is 11.5 Å². The normalized spacial score (nSPS) is 15.3. The zero-order valence-corrected chi connectivity index (χ0v) is 19.6. The first-order valence-electron chi connectivity index (χ1n) is 11.1. The monoisotopic (exact) mass is 460 g/mol. The van der Waals surface area contributed by atoms with Gasteiger partial charge in [-0.1, -0.05) is 17.7 Å². The molecule has 0 bridgehead atoms. The van der Waals surface area contributed by atoms with E-state index in [1.165, 1.54) is 4.31 Å². The van der Waals surface area contributed by atoms with Crippen molar-refractivity contribution in [3.05, 3.63) is 54.1 Å². The number of benzene rings is 2. The zero-order valence-electron chi connectivity index (χ0n) is 18.7. The molecule has 0 radical (unpaired) electrons. The lowest BCUT2D eigenvalue weighted by Crippen LogP contribution is -2.46. The topological polar surface area (TPSA) is 84.9 Å². The van der Waals surface area contributed by atoms with E-state index in [9.17, 15) is 13.2 Å². The lowest BCUT2D eigenvalue weighted by Gasteiger charge is -2.31. The number of nitrogens with one attached hydrogen (secondary N) is 1. The summed E-state index contributed by atoms with van der Waals surface area (Å²) >= 11 is 0. The van der Waals surface area contributed by atoms with Crippen molar-refractivity contribution in [3.8, 4) is 11.5 Å². The van der Waals surface area contributed by atoms with Gasteiger partial charge in [0.05, 0.1) is 18.1 Å². The Morgan fingerprint density at radius 3 is 2.19 bits per heavy atom. The number of hydrogen-bond donors (Lipinski definition) is 1. The number of amides is 1. The van der Waals surface area contributed by atoms with Crippen molar-refractivity contribution in [2.45, 2.75) is 50.5 Å². The number of rotatable bonds is 10. The molecule has 0 saturated carbocycles. The Labute approximate surface area is 190 Å². The molecule has 1 N–H and O–H groups in total. The van der Waals surface area contributed by atoms with Gasteiger partial charge in [0, 0.05) is 25.6 Å². The summed E-state index contributed by atoms with van der Waals surface area (Å²) in [6.07, 6.45) is 2.21. The molecule has 7 nitrogen and oxygen atoms in total. The summed E-state index contributed by atoms with van der Waals surface area (Å²) in [7, 11) is -3.48. The predicted octanol–water partition coefficient (Wildman–Crippen LogP) is 3.52. The highest BCUT2D eigenvalue weighted by Gasteiger charge is 2.29. The molecule has 0 spiro atoms. The van der Waals surface area contributed by atoms with E-state index in [0.29, 0.717) is 56.9 Å². The molecular formula is C24H32N2O5S. The van der Waals surface area contributed by atoms with Crippen molar-refractivity contribution in [2.24, 2.45) is 0 Å². The van der Waals surface area contributed by atoms with Gasteiger partial charge in [0.2, 0.25) is 15.9 Å². The molecule has 1 amide bonds. The maximum atomic E-state index is 12.8. The lowest BCUT2D eigenvalue weighted by atomic mass is 10.1. The summed E-state index contributed by atoms with van der Waals surface area (Å²) in [5.41, 5.74) is 1.02. The molecule has 1 aliphatic rings. The summed E-state index contributed by atoms with van der Waals surface area (Å²) in [5, 5.41) is 3.03. The SMILES string of the molecule is CCOc1ccc(OCCCC(=O)NC2CCN(S(=O)(=O)c3ccc(C)cc3)CC2)cc1. The Morgan fingerprint density at radius 1 is 1.00 bits per heavy atom. The highest BCUT2D eigenvalue weighted by Crippen LogP contribution is 2.21. The number of aryl methyl sites for hydroxylation is 1. The number of carbonyl (C=O) groups excluding carboxylic acids is 1. The van der Waals surface area contributed by atoms with Gasteiger partial charge in [-0.05, 0) is 69.5 Å². The second kappa shape index (κ2) is 11.3. The van der Waals surface area contributed by atoms with Gasteiger partial charge in [0.15, 0.2) is 0 Å². The van der Waals surface area contributed by atoms with Crippen LogP contribution < -0.4 is 14.8 Å². The van der Waals surface area contributed by atoms with Crippen LogP contribution in [0.2, 0.25) is 0 Å². The van der Waals surface area contributed by atoms with E-state index in [1.807, 2.05) is 38.1 Å². The molecule has 174 valence electrons. The van der Waals surface area contributed by atoms with Crippen LogP contribution in [-0.2, 0) is 14.8 Å². The summed E-state index contributed by atoms with van der Waals surface area (Å²) in [5.74, 6) is 1.52. The summed E-state index contributed by atoms with van der Waals surface area (Å²) in [6.45, 7) is 5.75. The van der Waals surface area contributed by atoms with Crippen LogP contribution in [0.1, 0.15) is 38.2 Å². The second-order valence-electron chi connectivity index (χ2n) is 7.92. The average Bonchev–Trinajstić information content (AvgIpc) is 2.79. The van der Waals surface area contributed by atoms with Crippen LogP contribution in [0.4, 0.5) is 0 Å². The zero-order chi connectivity index (χ0) is 23.0. The van der Waals surface area contributed by atoms with Gasteiger partial charge in [-0.3, -0.25) is 4.79 Å². The number of hydrogen-bond acceptors (Lipinski definition) is 5. The number of sulfonamides is 1. The summed E-state index contributed by atoms with van der Waals surface area (Å²) in [4.78, 5) is 12.6. The number of ether oxygens (including phenoxy) is 2. The molecule has 0 aromatic heterocycles. The van der Waals surface area contributed by atoms with Crippen molar-refractivity contribution >= 4 is 15.9 Å². The van der Waals surface area contributed by atoms with Crippen LogP contribution in [0, 0.1) is 6.92 Å². The van der Waals surface area contributed by atoms with Crippen LogP contribution in [-0.4, -0.2) is 51.0 Å². The first-order valence-corrected chi connectivity index (χ1v) is 12.5. The largest absolute Gasteiger partial charge is 0.494 e. The van der Waals surface area contributed by atoms with Crippen LogP contribution in [0.25, 0.3) is 0 Å². The lowest BCUT2D eigenvalue weighted by molar-refractivity contribution is -0.122. The molecule has 1 saturated heterocycles. The third-order valence-electron chi connectivity index (χ3n) is 5.43. The van der Waals surface area contributed by atoms with Gasteiger partial charge in [-0.25, -0.2) is 8.42 Å².